The van der Waals surface area contributed by atoms with Crippen LogP contribution < -0.4 is 14.8 Å². The lowest BCUT2D eigenvalue weighted by atomic mass is 10.2. The van der Waals surface area contributed by atoms with Gasteiger partial charge in [0.25, 0.3) is 5.91 Å². The minimum absolute atomic E-state index is 0.0303. The zero-order valence-corrected chi connectivity index (χ0v) is 16.7. The van der Waals surface area contributed by atoms with Crippen molar-refractivity contribution in [1.82, 2.24) is 4.98 Å². The maximum absolute atomic E-state index is 12.6. The summed E-state index contributed by atoms with van der Waals surface area (Å²) in [6.07, 6.45) is 3.27. The van der Waals surface area contributed by atoms with Crippen molar-refractivity contribution in [1.29, 1.82) is 0 Å². The van der Waals surface area contributed by atoms with E-state index in [9.17, 15) is 13.2 Å². The summed E-state index contributed by atoms with van der Waals surface area (Å²) in [6, 6.07) is 16.9. The molecule has 3 aromatic rings. The fraction of sp³-hybridized carbons (Fsp3) is 0.143. The zero-order valence-electron chi connectivity index (χ0n) is 15.9. The molecule has 0 radical (unpaired) electrons. The molecule has 2 N–H and O–H groups in total. The number of anilines is 1. The molecule has 3 rings (SSSR count). The summed E-state index contributed by atoms with van der Waals surface area (Å²) in [5.74, 6) is 0.171. The predicted molar refractivity (Wildman–Crippen MR) is 111 cm³/mol. The van der Waals surface area contributed by atoms with E-state index in [1.807, 2.05) is 6.07 Å². The summed E-state index contributed by atoms with van der Waals surface area (Å²) in [4.78, 5) is 15.6. The molecule has 150 valence electrons. The number of sulfonamides is 1. The van der Waals surface area contributed by atoms with Crippen LogP contribution in [0.25, 0.3) is 0 Å². The van der Waals surface area contributed by atoms with Crippen molar-refractivity contribution in [2.24, 2.45) is 5.73 Å². The molecule has 29 heavy (non-hydrogen) atoms. The van der Waals surface area contributed by atoms with Crippen molar-refractivity contribution in [2.45, 2.75) is 13.5 Å². The van der Waals surface area contributed by atoms with Gasteiger partial charge in [0, 0.05) is 12.4 Å². The van der Waals surface area contributed by atoms with Crippen molar-refractivity contribution in [3.63, 3.8) is 0 Å². The van der Waals surface area contributed by atoms with Crippen molar-refractivity contribution < 1.29 is 17.9 Å². The van der Waals surface area contributed by atoms with Crippen LogP contribution in [0.2, 0.25) is 0 Å². The standard InChI is InChI=1S/C21H21N3O4S/c1-2-29(26,27)24(15-16-6-5-13-23-14-16)17-9-11-18(12-10-17)28-20-8-4-3-7-19(20)21(22)25/h3-14H,2,15H2,1H3,(H2,22,25). The van der Waals surface area contributed by atoms with E-state index in [2.05, 4.69) is 4.98 Å². The summed E-state index contributed by atoms with van der Waals surface area (Å²) >= 11 is 0. The normalized spacial score (nSPS) is 11.1. The Balaban J connectivity index is 1.87. The number of rotatable bonds is 8. The number of primary amides is 1. The highest BCUT2D eigenvalue weighted by molar-refractivity contribution is 7.92. The number of ether oxygens (including phenoxy) is 1. The van der Waals surface area contributed by atoms with Gasteiger partial charge in [-0.1, -0.05) is 18.2 Å². The monoisotopic (exact) mass is 411 g/mol. The van der Waals surface area contributed by atoms with Gasteiger partial charge in [0.1, 0.15) is 11.5 Å². The smallest absolute Gasteiger partial charge is 0.252 e. The number of para-hydroxylation sites is 1. The highest BCUT2D eigenvalue weighted by Crippen LogP contribution is 2.28. The quantitative estimate of drug-likeness (QED) is 0.612. The van der Waals surface area contributed by atoms with Gasteiger partial charge in [0.05, 0.1) is 23.5 Å². The second-order valence-corrected chi connectivity index (χ2v) is 8.41. The summed E-state index contributed by atoms with van der Waals surface area (Å²) < 4.78 is 32.3. The first-order chi connectivity index (χ1) is 13.9. The molecule has 0 fully saturated rings. The molecule has 8 heteroatoms. The third-order valence-corrected chi connectivity index (χ3v) is 6.00. The molecule has 0 bridgehead atoms. The molecule has 2 aromatic carbocycles. The Bertz CT molecular complexity index is 1080. The van der Waals surface area contributed by atoms with Crippen LogP contribution in [0.1, 0.15) is 22.8 Å². The van der Waals surface area contributed by atoms with Crippen LogP contribution in [-0.4, -0.2) is 25.1 Å². The van der Waals surface area contributed by atoms with Crippen molar-refractivity contribution in [3.05, 3.63) is 84.2 Å². The van der Waals surface area contributed by atoms with Gasteiger partial charge in [-0.15, -0.1) is 0 Å². The van der Waals surface area contributed by atoms with Gasteiger partial charge in [0.15, 0.2) is 0 Å². The third-order valence-electron chi connectivity index (χ3n) is 4.25. The van der Waals surface area contributed by atoms with E-state index in [0.29, 0.717) is 17.2 Å². The maximum atomic E-state index is 12.6. The van der Waals surface area contributed by atoms with E-state index < -0.39 is 15.9 Å². The van der Waals surface area contributed by atoms with Crippen LogP contribution in [0.5, 0.6) is 11.5 Å². The number of carbonyl (C=O) groups excluding carboxylic acids is 1. The van der Waals surface area contributed by atoms with Crippen LogP contribution in [0, 0.1) is 0 Å². The molecule has 0 aliphatic heterocycles. The Labute approximate surface area is 169 Å². The number of amides is 1. The number of pyridine rings is 1. The lowest BCUT2D eigenvalue weighted by Gasteiger charge is -2.24. The Morgan fingerprint density at radius 1 is 1.07 bits per heavy atom. The van der Waals surface area contributed by atoms with E-state index in [4.69, 9.17) is 10.5 Å². The fourth-order valence-corrected chi connectivity index (χ4v) is 3.83. The number of nitrogens with zero attached hydrogens (tertiary/aromatic N) is 2. The van der Waals surface area contributed by atoms with Crippen molar-refractivity contribution in [3.8, 4) is 11.5 Å². The van der Waals surface area contributed by atoms with Crippen LogP contribution in [0.15, 0.2) is 73.1 Å². The highest BCUT2D eigenvalue weighted by atomic mass is 32.2. The summed E-state index contributed by atoms with van der Waals surface area (Å²) in [5, 5.41) is 0. The predicted octanol–water partition coefficient (Wildman–Crippen LogP) is 3.33. The molecule has 1 amide bonds. The Kier molecular flexibility index (Phi) is 6.13. The number of hydrogen-bond acceptors (Lipinski definition) is 5. The number of carbonyl (C=O) groups is 1. The highest BCUT2D eigenvalue weighted by Gasteiger charge is 2.21. The molecule has 0 aliphatic carbocycles. The van der Waals surface area contributed by atoms with Gasteiger partial charge in [-0.3, -0.25) is 14.1 Å². The Hall–Kier alpha value is -3.39. The second kappa shape index (κ2) is 8.74. The van der Waals surface area contributed by atoms with Crippen LogP contribution >= 0.6 is 0 Å². The molecule has 0 saturated carbocycles. The number of hydrogen-bond donors (Lipinski definition) is 1. The minimum atomic E-state index is -3.50. The van der Waals surface area contributed by atoms with E-state index in [0.717, 1.165) is 5.56 Å². The lowest BCUT2D eigenvalue weighted by Crippen LogP contribution is -2.31. The van der Waals surface area contributed by atoms with E-state index in [-0.39, 0.29) is 17.9 Å². The van der Waals surface area contributed by atoms with Crippen molar-refractivity contribution in [2.75, 3.05) is 10.1 Å². The molecule has 7 nitrogen and oxygen atoms in total. The third kappa shape index (κ3) is 4.91. The van der Waals surface area contributed by atoms with Gasteiger partial charge >= 0.3 is 0 Å². The molecule has 0 atom stereocenters. The van der Waals surface area contributed by atoms with E-state index in [1.165, 1.54) is 4.31 Å². The molecule has 0 unspecified atom stereocenters. The van der Waals surface area contributed by atoms with Crippen molar-refractivity contribution >= 4 is 21.6 Å². The average molecular weight is 411 g/mol. The molecule has 1 heterocycles. The largest absolute Gasteiger partial charge is 0.457 e. The van der Waals surface area contributed by atoms with Crippen LogP contribution in [0.3, 0.4) is 0 Å². The maximum Gasteiger partial charge on any atom is 0.252 e. The van der Waals surface area contributed by atoms with Crippen LogP contribution in [0.4, 0.5) is 5.69 Å². The van der Waals surface area contributed by atoms with Gasteiger partial charge in [-0.2, -0.15) is 0 Å². The first-order valence-electron chi connectivity index (χ1n) is 8.97. The zero-order chi connectivity index (χ0) is 20.9. The summed E-state index contributed by atoms with van der Waals surface area (Å²) in [6.45, 7) is 1.78. The topological polar surface area (TPSA) is 103 Å². The number of nitrogens with two attached hydrogens (primary N) is 1. The number of benzene rings is 2. The Morgan fingerprint density at radius 3 is 2.41 bits per heavy atom. The van der Waals surface area contributed by atoms with Gasteiger partial charge in [0.2, 0.25) is 10.0 Å². The van der Waals surface area contributed by atoms with Crippen LogP contribution in [-0.2, 0) is 16.6 Å². The summed E-state index contributed by atoms with van der Waals surface area (Å²) in [7, 11) is -3.50. The summed E-state index contributed by atoms with van der Waals surface area (Å²) in [5.41, 5.74) is 6.92. The molecule has 1 aromatic heterocycles. The molecular formula is C21H21N3O4S. The minimum Gasteiger partial charge on any atom is -0.457 e. The van der Waals surface area contributed by atoms with Gasteiger partial charge < -0.3 is 10.5 Å². The fourth-order valence-electron chi connectivity index (χ4n) is 2.73. The number of aromatic nitrogens is 1. The average Bonchev–Trinajstić information content (AvgIpc) is 2.73. The molecule has 0 saturated heterocycles. The SMILES string of the molecule is CCS(=O)(=O)N(Cc1cccnc1)c1ccc(Oc2ccccc2C(N)=O)cc1. The molecule has 0 spiro atoms. The van der Waals surface area contributed by atoms with Gasteiger partial charge in [-0.05, 0) is 55.0 Å². The second-order valence-electron chi connectivity index (χ2n) is 6.22. The van der Waals surface area contributed by atoms with Gasteiger partial charge in [-0.25, -0.2) is 8.42 Å². The first kappa shape index (κ1) is 20.3. The Morgan fingerprint density at radius 2 is 1.79 bits per heavy atom. The first-order valence-corrected chi connectivity index (χ1v) is 10.6. The van der Waals surface area contributed by atoms with E-state index >= 15 is 0 Å². The molecule has 0 aliphatic rings. The van der Waals surface area contributed by atoms with E-state index in [1.54, 1.807) is 73.9 Å². The molecular weight excluding hydrogens is 390 g/mol. The lowest BCUT2D eigenvalue weighted by molar-refractivity contribution is 0.0998.